The fourth-order valence-corrected chi connectivity index (χ4v) is 3.57. The second-order valence-corrected chi connectivity index (χ2v) is 10.4. The summed E-state index contributed by atoms with van der Waals surface area (Å²) < 4.78 is 9.40. The van der Waals surface area contributed by atoms with Crippen molar-refractivity contribution >= 4 is 23.9 Å². The summed E-state index contributed by atoms with van der Waals surface area (Å²) >= 11 is 0. The van der Waals surface area contributed by atoms with E-state index < -0.39 is 36.1 Å². The summed E-state index contributed by atoms with van der Waals surface area (Å²) in [5.41, 5.74) is 0. The first-order valence-electron chi connectivity index (χ1n) is 15.9. The average Bonchev–Trinajstić information content (AvgIpc) is 2.91. The quantitative estimate of drug-likeness (QED) is 0.0914. The Morgan fingerprint density at radius 3 is 0.900 bits per heavy atom. The minimum atomic E-state index is -1.17. The summed E-state index contributed by atoms with van der Waals surface area (Å²) in [4.78, 5) is 43.7. The van der Waals surface area contributed by atoms with Gasteiger partial charge in [-0.25, -0.2) is 9.59 Å². The van der Waals surface area contributed by atoms with Gasteiger partial charge in [0.2, 0.25) is 0 Å². The van der Waals surface area contributed by atoms with Crippen molar-refractivity contribution in [2.24, 2.45) is 0 Å². The van der Waals surface area contributed by atoms with E-state index in [1.54, 1.807) is 0 Å². The van der Waals surface area contributed by atoms with Gasteiger partial charge < -0.3 is 19.7 Å². The highest BCUT2D eigenvalue weighted by molar-refractivity contribution is 5.78. The van der Waals surface area contributed by atoms with Crippen molar-refractivity contribution < 1.29 is 38.9 Å². The van der Waals surface area contributed by atoms with E-state index in [-0.39, 0.29) is 12.8 Å². The molecular formula is C32H62O8. The van der Waals surface area contributed by atoms with Crippen LogP contribution in [0.4, 0.5) is 0 Å². The van der Waals surface area contributed by atoms with E-state index in [9.17, 15) is 19.2 Å². The summed E-state index contributed by atoms with van der Waals surface area (Å²) in [6.07, 6.45) is 19.8. The van der Waals surface area contributed by atoms with Gasteiger partial charge in [-0.3, -0.25) is 9.59 Å². The number of esters is 2. The smallest absolute Gasteiger partial charge is 0.344 e. The summed E-state index contributed by atoms with van der Waals surface area (Å²) in [6, 6.07) is 0. The largest absolute Gasteiger partial charge is 0.479 e. The van der Waals surface area contributed by atoms with Crippen molar-refractivity contribution in [2.45, 2.75) is 182 Å². The molecule has 2 atom stereocenters. The number of ether oxygens (including phenoxy) is 2. The van der Waals surface area contributed by atoms with E-state index in [4.69, 9.17) is 19.7 Å². The molecular weight excluding hydrogens is 512 g/mol. The van der Waals surface area contributed by atoms with Crippen LogP contribution in [0.25, 0.3) is 0 Å². The zero-order chi connectivity index (χ0) is 31.0. The predicted octanol–water partition coefficient (Wildman–Crippen LogP) is 8.87. The molecule has 0 aromatic heterocycles. The number of unbranched alkanes of at least 4 members (excludes halogenated alkanes) is 15. The molecule has 2 N–H and O–H groups in total. The fraction of sp³-hybridized carbons (Fsp3) is 0.875. The molecule has 0 amide bonds. The minimum Gasteiger partial charge on any atom is -0.479 e. The number of carbonyl (C=O) groups is 4. The number of hydrogen-bond acceptors (Lipinski definition) is 6. The summed E-state index contributed by atoms with van der Waals surface area (Å²) in [5, 5.41) is 17.2. The van der Waals surface area contributed by atoms with Crippen LogP contribution in [0.3, 0.4) is 0 Å². The second kappa shape index (κ2) is 33.1. The molecule has 0 rings (SSSR count). The third-order valence-corrected chi connectivity index (χ3v) is 6.24. The Labute approximate surface area is 245 Å². The predicted molar refractivity (Wildman–Crippen MR) is 161 cm³/mol. The molecule has 0 aromatic rings. The van der Waals surface area contributed by atoms with Crippen molar-refractivity contribution in [2.75, 3.05) is 0 Å². The Hall–Kier alpha value is -2.12. The molecule has 0 aromatic carbocycles. The summed E-state index contributed by atoms with van der Waals surface area (Å²) in [5.74, 6) is -3.36. The lowest BCUT2D eigenvalue weighted by atomic mass is 10.1. The van der Waals surface area contributed by atoms with Gasteiger partial charge >= 0.3 is 23.9 Å². The molecule has 2 unspecified atom stereocenters. The molecule has 0 spiro atoms. The first kappa shape index (κ1) is 42.3. The van der Waals surface area contributed by atoms with Crippen molar-refractivity contribution in [3.63, 3.8) is 0 Å². The topological polar surface area (TPSA) is 127 Å². The van der Waals surface area contributed by atoms with E-state index in [0.717, 1.165) is 25.7 Å². The lowest BCUT2D eigenvalue weighted by Crippen LogP contribution is -2.23. The molecule has 0 radical (unpaired) electrons. The molecule has 0 aliphatic carbocycles. The lowest BCUT2D eigenvalue weighted by molar-refractivity contribution is -0.162. The van der Waals surface area contributed by atoms with Crippen molar-refractivity contribution in [1.29, 1.82) is 0 Å². The third kappa shape index (κ3) is 35.9. The Morgan fingerprint density at radius 2 is 0.675 bits per heavy atom. The van der Waals surface area contributed by atoms with Crippen LogP contribution in [0.15, 0.2) is 0 Å². The van der Waals surface area contributed by atoms with E-state index in [0.29, 0.717) is 12.8 Å². The maximum absolute atomic E-state index is 11.3. The second-order valence-electron chi connectivity index (χ2n) is 10.4. The number of carbonyl (C=O) groups excluding carboxylic acids is 2. The van der Waals surface area contributed by atoms with Crippen LogP contribution in [0.1, 0.15) is 170 Å². The molecule has 8 heteroatoms. The number of rotatable bonds is 23. The van der Waals surface area contributed by atoms with E-state index in [2.05, 4.69) is 27.7 Å². The Balaban J connectivity index is -0.000000694. The summed E-state index contributed by atoms with van der Waals surface area (Å²) in [6.45, 7) is 11.6. The van der Waals surface area contributed by atoms with Crippen LogP contribution in [-0.4, -0.2) is 46.3 Å². The normalized spacial score (nSPS) is 11.7. The van der Waals surface area contributed by atoms with Crippen LogP contribution in [0.2, 0.25) is 0 Å². The van der Waals surface area contributed by atoms with Gasteiger partial charge in [-0.2, -0.15) is 0 Å². The maximum Gasteiger partial charge on any atom is 0.344 e. The standard InChI is InChI=1S/C16H26O8.2C8H18/c1-11(15(19)20)23-13(17)9-7-5-3-4-6-8-10-14(18)24-12(2)16(21)22;2*1-3-5-7-8-6-4-2/h11-12H,3-10H2,1-2H3,(H,19,20)(H,21,22);2*3-8H2,1-2H3. The first-order valence-corrected chi connectivity index (χ1v) is 15.9. The zero-order valence-electron chi connectivity index (χ0n) is 26.6. The molecule has 0 heterocycles. The van der Waals surface area contributed by atoms with Crippen LogP contribution < -0.4 is 0 Å². The summed E-state index contributed by atoms with van der Waals surface area (Å²) in [7, 11) is 0. The molecule has 238 valence electrons. The molecule has 0 saturated carbocycles. The lowest BCUT2D eigenvalue weighted by Gasteiger charge is -2.09. The van der Waals surface area contributed by atoms with Gasteiger partial charge in [-0.15, -0.1) is 0 Å². The van der Waals surface area contributed by atoms with Gasteiger partial charge in [0.1, 0.15) is 0 Å². The molecule has 40 heavy (non-hydrogen) atoms. The molecule has 0 bridgehead atoms. The molecule has 0 aliphatic heterocycles. The van der Waals surface area contributed by atoms with Gasteiger partial charge in [0.15, 0.2) is 12.2 Å². The van der Waals surface area contributed by atoms with Crippen LogP contribution in [-0.2, 0) is 28.7 Å². The first-order chi connectivity index (χ1) is 19.1. The Kier molecular flexibility index (Phi) is 35.0. The van der Waals surface area contributed by atoms with E-state index in [1.807, 2.05) is 0 Å². The Bertz CT molecular complexity index is 542. The highest BCUT2D eigenvalue weighted by Gasteiger charge is 2.16. The minimum absolute atomic E-state index is 0.191. The average molecular weight is 575 g/mol. The highest BCUT2D eigenvalue weighted by Crippen LogP contribution is 2.10. The van der Waals surface area contributed by atoms with Gasteiger partial charge in [-0.1, -0.05) is 130 Å². The molecule has 0 saturated heterocycles. The monoisotopic (exact) mass is 574 g/mol. The van der Waals surface area contributed by atoms with Gasteiger partial charge in [-0.05, 0) is 26.7 Å². The molecule has 0 fully saturated rings. The number of aliphatic carboxylic acids is 2. The van der Waals surface area contributed by atoms with Crippen molar-refractivity contribution in [1.82, 2.24) is 0 Å². The molecule has 8 nitrogen and oxygen atoms in total. The fourth-order valence-electron chi connectivity index (χ4n) is 3.57. The van der Waals surface area contributed by atoms with Crippen molar-refractivity contribution in [3.05, 3.63) is 0 Å². The number of carboxylic acids is 2. The van der Waals surface area contributed by atoms with Crippen molar-refractivity contribution in [3.8, 4) is 0 Å². The van der Waals surface area contributed by atoms with Crippen LogP contribution >= 0.6 is 0 Å². The SMILES string of the molecule is CC(OC(=O)CCCCCCCCC(=O)OC(C)C(=O)O)C(=O)O.CCCCCCCC.CCCCCCCC. The number of hydrogen-bond donors (Lipinski definition) is 2. The van der Waals surface area contributed by atoms with Crippen LogP contribution in [0, 0.1) is 0 Å². The Morgan fingerprint density at radius 1 is 0.450 bits per heavy atom. The molecule has 0 aliphatic rings. The van der Waals surface area contributed by atoms with Crippen LogP contribution in [0.5, 0.6) is 0 Å². The van der Waals surface area contributed by atoms with Gasteiger partial charge in [0, 0.05) is 12.8 Å². The maximum atomic E-state index is 11.3. The number of carboxylic acid groups (broad SMARTS) is 2. The van der Waals surface area contributed by atoms with E-state index >= 15 is 0 Å². The third-order valence-electron chi connectivity index (χ3n) is 6.24. The van der Waals surface area contributed by atoms with E-state index in [1.165, 1.54) is 90.9 Å². The van der Waals surface area contributed by atoms with Gasteiger partial charge in [0.05, 0.1) is 0 Å². The van der Waals surface area contributed by atoms with Gasteiger partial charge in [0.25, 0.3) is 0 Å². The highest BCUT2D eigenvalue weighted by atomic mass is 16.6. The zero-order valence-corrected chi connectivity index (χ0v) is 26.6.